The van der Waals surface area contributed by atoms with Crippen LogP contribution >= 0.6 is 11.6 Å². The summed E-state index contributed by atoms with van der Waals surface area (Å²) in [4.78, 5) is 16.0. The third-order valence-electron chi connectivity index (χ3n) is 2.53. The lowest BCUT2D eigenvalue weighted by Gasteiger charge is -2.16. The largest absolute Gasteiger partial charge is 0.391 e. The van der Waals surface area contributed by atoms with Crippen LogP contribution in [0.25, 0.3) is 0 Å². The third kappa shape index (κ3) is 6.20. The third-order valence-corrected chi connectivity index (χ3v) is 2.84. The first-order chi connectivity index (χ1) is 9.73. The lowest BCUT2D eigenvalue weighted by atomic mass is 10.2. The van der Waals surface area contributed by atoms with Crippen molar-refractivity contribution >= 4 is 23.3 Å². The molecule has 21 heavy (non-hydrogen) atoms. The van der Waals surface area contributed by atoms with Gasteiger partial charge in [-0.15, -0.1) is 0 Å². The lowest BCUT2D eigenvalue weighted by Crippen LogP contribution is -2.36. The first-order valence-corrected chi connectivity index (χ1v) is 6.88. The van der Waals surface area contributed by atoms with Crippen molar-refractivity contribution < 1.29 is 18.0 Å². The minimum atomic E-state index is -4.34. The fourth-order valence-electron chi connectivity index (χ4n) is 1.64. The molecule has 8 heteroatoms. The zero-order chi connectivity index (χ0) is 16.0. The quantitative estimate of drug-likeness (QED) is 0.840. The highest BCUT2D eigenvalue weighted by molar-refractivity contribution is 6.33. The Hall–Kier alpha value is -1.50. The number of aromatic nitrogens is 1. The summed E-state index contributed by atoms with van der Waals surface area (Å²) >= 11 is 5.87. The monoisotopic (exact) mass is 323 g/mol. The Morgan fingerprint density at radius 2 is 2.10 bits per heavy atom. The highest BCUT2D eigenvalue weighted by atomic mass is 35.5. The number of pyridine rings is 1. The van der Waals surface area contributed by atoms with Gasteiger partial charge in [-0.1, -0.05) is 18.5 Å². The van der Waals surface area contributed by atoms with Crippen LogP contribution < -0.4 is 10.6 Å². The summed E-state index contributed by atoms with van der Waals surface area (Å²) in [6, 6.07) is 2.03. The van der Waals surface area contributed by atoms with Crippen LogP contribution in [0.3, 0.4) is 0 Å². The van der Waals surface area contributed by atoms with Crippen LogP contribution in [0.5, 0.6) is 0 Å². The van der Waals surface area contributed by atoms with Crippen molar-refractivity contribution in [2.75, 3.05) is 11.9 Å². The average molecular weight is 324 g/mol. The Kier molecular flexibility index (Phi) is 6.26. The van der Waals surface area contributed by atoms with Crippen molar-refractivity contribution in [3.05, 3.63) is 22.8 Å². The van der Waals surface area contributed by atoms with Gasteiger partial charge in [0.2, 0.25) is 0 Å². The molecule has 1 aromatic heterocycles. The minimum Gasteiger partial charge on any atom is -0.370 e. The van der Waals surface area contributed by atoms with Gasteiger partial charge < -0.3 is 10.6 Å². The number of carbonyl (C=O) groups is 1. The molecule has 0 aliphatic heterocycles. The number of alkyl halides is 3. The van der Waals surface area contributed by atoms with Crippen LogP contribution in [-0.2, 0) is 0 Å². The molecule has 2 N–H and O–H groups in total. The molecule has 0 aliphatic rings. The van der Waals surface area contributed by atoms with Gasteiger partial charge in [0.05, 0.1) is 11.4 Å². The predicted octanol–water partition coefficient (Wildman–Crippen LogP) is 3.63. The van der Waals surface area contributed by atoms with Crippen LogP contribution in [0.1, 0.15) is 37.2 Å². The molecule has 0 fully saturated rings. The highest BCUT2D eigenvalue weighted by Crippen LogP contribution is 2.22. The van der Waals surface area contributed by atoms with Crippen LogP contribution in [0, 0.1) is 0 Å². The van der Waals surface area contributed by atoms with E-state index in [0.717, 1.165) is 6.42 Å². The molecule has 1 amide bonds. The summed E-state index contributed by atoms with van der Waals surface area (Å²) in [5, 5.41) is 5.31. The van der Waals surface area contributed by atoms with E-state index in [4.69, 9.17) is 11.6 Å². The van der Waals surface area contributed by atoms with Crippen molar-refractivity contribution in [2.24, 2.45) is 0 Å². The Morgan fingerprint density at radius 1 is 1.43 bits per heavy atom. The SMILES string of the molecule is CCCNc1ccc(Cl)c(C(=O)NC(C)CC(F)(F)F)n1. The molecular formula is C13H17ClF3N3O. The molecule has 1 heterocycles. The predicted molar refractivity (Wildman–Crippen MR) is 75.6 cm³/mol. The second kappa shape index (κ2) is 7.49. The van der Waals surface area contributed by atoms with Gasteiger partial charge in [0.25, 0.3) is 5.91 Å². The highest BCUT2D eigenvalue weighted by Gasteiger charge is 2.31. The van der Waals surface area contributed by atoms with Gasteiger partial charge in [0, 0.05) is 12.6 Å². The number of hydrogen-bond acceptors (Lipinski definition) is 3. The molecule has 118 valence electrons. The van der Waals surface area contributed by atoms with E-state index < -0.39 is 24.5 Å². The Morgan fingerprint density at radius 3 is 2.67 bits per heavy atom. The van der Waals surface area contributed by atoms with Crippen LogP contribution in [0.15, 0.2) is 12.1 Å². The fraction of sp³-hybridized carbons (Fsp3) is 0.538. The molecule has 0 aliphatic carbocycles. The van der Waals surface area contributed by atoms with Gasteiger partial charge in [-0.3, -0.25) is 4.79 Å². The number of rotatable bonds is 6. The van der Waals surface area contributed by atoms with E-state index in [-0.39, 0.29) is 10.7 Å². The number of amides is 1. The van der Waals surface area contributed by atoms with E-state index in [2.05, 4.69) is 15.6 Å². The van der Waals surface area contributed by atoms with Crippen molar-refractivity contribution in [3.8, 4) is 0 Å². The van der Waals surface area contributed by atoms with Gasteiger partial charge in [0.1, 0.15) is 11.5 Å². The summed E-state index contributed by atoms with van der Waals surface area (Å²) in [6.07, 6.45) is -4.58. The molecule has 4 nitrogen and oxygen atoms in total. The molecule has 0 bridgehead atoms. The van der Waals surface area contributed by atoms with E-state index in [1.54, 1.807) is 6.07 Å². The van der Waals surface area contributed by atoms with E-state index in [9.17, 15) is 18.0 Å². The van der Waals surface area contributed by atoms with E-state index in [1.165, 1.54) is 13.0 Å². The molecule has 0 saturated heterocycles. The molecular weight excluding hydrogens is 307 g/mol. The van der Waals surface area contributed by atoms with Crippen molar-refractivity contribution in [1.82, 2.24) is 10.3 Å². The maximum Gasteiger partial charge on any atom is 0.391 e. The molecule has 0 aromatic carbocycles. The molecule has 1 atom stereocenters. The summed E-state index contributed by atoms with van der Waals surface area (Å²) in [7, 11) is 0. The van der Waals surface area contributed by atoms with Gasteiger partial charge >= 0.3 is 6.18 Å². The molecule has 0 radical (unpaired) electrons. The maximum atomic E-state index is 12.2. The van der Waals surface area contributed by atoms with Crippen molar-refractivity contribution in [1.29, 1.82) is 0 Å². The number of halogens is 4. The summed E-state index contributed by atoms with van der Waals surface area (Å²) in [6.45, 7) is 3.91. The van der Waals surface area contributed by atoms with Gasteiger partial charge in [-0.2, -0.15) is 13.2 Å². The number of nitrogens with one attached hydrogen (secondary N) is 2. The molecule has 1 unspecified atom stereocenters. The van der Waals surface area contributed by atoms with Crippen LogP contribution in [0.2, 0.25) is 5.02 Å². The molecule has 1 aromatic rings. The lowest BCUT2D eigenvalue weighted by molar-refractivity contribution is -0.138. The van der Waals surface area contributed by atoms with Crippen molar-refractivity contribution in [2.45, 2.75) is 38.9 Å². The first kappa shape index (κ1) is 17.6. The minimum absolute atomic E-state index is 0.0909. The zero-order valence-corrected chi connectivity index (χ0v) is 12.5. The number of anilines is 1. The smallest absolute Gasteiger partial charge is 0.370 e. The van der Waals surface area contributed by atoms with Crippen LogP contribution in [-0.4, -0.2) is 29.7 Å². The molecule has 0 spiro atoms. The van der Waals surface area contributed by atoms with E-state index >= 15 is 0 Å². The first-order valence-electron chi connectivity index (χ1n) is 6.51. The maximum absolute atomic E-state index is 12.2. The van der Waals surface area contributed by atoms with E-state index in [0.29, 0.717) is 12.4 Å². The zero-order valence-electron chi connectivity index (χ0n) is 11.7. The summed E-state index contributed by atoms with van der Waals surface area (Å²) < 4.78 is 36.7. The Balaban J connectivity index is 2.77. The van der Waals surface area contributed by atoms with E-state index in [1.807, 2.05) is 6.92 Å². The van der Waals surface area contributed by atoms with Crippen molar-refractivity contribution in [3.63, 3.8) is 0 Å². The second-order valence-corrected chi connectivity index (χ2v) is 5.05. The normalized spacial score (nSPS) is 12.9. The van der Waals surface area contributed by atoms with Gasteiger partial charge in [-0.05, 0) is 25.5 Å². The number of hydrogen-bond donors (Lipinski definition) is 2. The fourth-order valence-corrected chi connectivity index (χ4v) is 1.83. The van der Waals surface area contributed by atoms with Gasteiger partial charge in [0.15, 0.2) is 0 Å². The standard InChI is InChI=1S/C13H17ClF3N3O/c1-3-6-18-10-5-4-9(14)11(20-10)12(21)19-8(2)7-13(15,16)17/h4-5,8H,3,6-7H2,1-2H3,(H,18,20)(H,19,21). The van der Waals surface area contributed by atoms with Crippen LogP contribution in [0.4, 0.5) is 19.0 Å². The molecule has 0 saturated carbocycles. The number of nitrogens with zero attached hydrogens (tertiary/aromatic N) is 1. The van der Waals surface area contributed by atoms with Gasteiger partial charge in [-0.25, -0.2) is 4.98 Å². The summed E-state index contributed by atoms with van der Waals surface area (Å²) in [5.41, 5.74) is -0.0909. The number of carbonyl (C=O) groups excluding carboxylic acids is 1. The Bertz CT molecular complexity index is 494. The topological polar surface area (TPSA) is 54.0 Å². The molecule has 1 rings (SSSR count). The Labute approximate surface area is 126 Å². The second-order valence-electron chi connectivity index (χ2n) is 4.65. The summed E-state index contributed by atoms with van der Waals surface area (Å²) in [5.74, 6) is -0.272. The average Bonchev–Trinajstić information content (AvgIpc) is 2.35.